The quantitative estimate of drug-likeness (QED) is 0.482. The average molecular weight is 381 g/mol. The van der Waals surface area contributed by atoms with E-state index in [0.717, 1.165) is 0 Å². The maximum Gasteiger partial charge on any atom is 0.118 e. The van der Waals surface area contributed by atoms with Gasteiger partial charge >= 0.3 is 0 Å². The van der Waals surface area contributed by atoms with E-state index in [1.807, 2.05) is 0 Å². The summed E-state index contributed by atoms with van der Waals surface area (Å²) < 4.78 is 0. The van der Waals surface area contributed by atoms with Gasteiger partial charge in [0.25, 0.3) is 0 Å². The van der Waals surface area contributed by atoms with Crippen LogP contribution in [-0.4, -0.2) is 6.17 Å². The normalized spacial score (nSPS) is 31.0. The van der Waals surface area contributed by atoms with Crippen LogP contribution in [-0.2, 0) is 5.41 Å². The molecule has 3 aromatic carbocycles. The Labute approximate surface area is 173 Å². The van der Waals surface area contributed by atoms with E-state index in [9.17, 15) is 0 Å². The van der Waals surface area contributed by atoms with Gasteiger partial charge < -0.3 is 9.80 Å². The molecule has 0 amide bonds. The minimum absolute atomic E-state index is 0.241. The second-order valence-corrected chi connectivity index (χ2v) is 8.90. The van der Waals surface area contributed by atoms with E-state index in [4.69, 9.17) is 0 Å². The average Bonchev–Trinajstić information content (AvgIpc) is 3.16. The highest BCUT2D eigenvalue weighted by molar-refractivity contribution is 5.92. The van der Waals surface area contributed by atoms with Crippen LogP contribution >= 0.6 is 0 Å². The summed E-state index contributed by atoms with van der Waals surface area (Å²) in [7, 11) is 0. The molecule has 0 spiro atoms. The lowest BCUT2D eigenvalue weighted by atomic mass is 9.76. The van der Waals surface area contributed by atoms with Crippen molar-refractivity contribution >= 4 is 22.7 Å². The Balaban J connectivity index is 1.69. The van der Waals surface area contributed by atoms with Gasteiger partial charge in [-0.1, -0.05) is 69.3 Å². The largest absolute Gasteiger partial charge is 0.318 e. The molecule has 3 aromatic rings. The van der Waals surface area contributed by atoms with Gasteiger partial charge in [-0.2, -0.15) is 0 Å². The third-order valence-electron chi connectivity index (χ3n) is 8.43. The van der Waals surface area contributed by atoms with Gasteiger partial charge in [-0.15, -0.1) is 0 Å². The molecular formula is C27H28N2. The number of benzene rings is 3. The zero-order valence-electron chi connectivity index (χ0n) is 17.5. The van der Waals surface area contributed by atoms with Crippen LogP contribution in [0.2, 0.25) is 0 Å². The molecule has 2 heteroatoms. The maximum atomic E-state index is 2.65. The minimum Gasteiger partial charge on any atom is -0.318 e. The summed E-state index contributed by atoms with van der Waals surface area (Å²) in [5.41, 5.74) is 7.42. The third kappa shape index (κ3) is 1.75. The molecular weight excluding hydrogens is 352 g/mol. The number of anilines is 4. The fraction of sp³-hybridized carbons (Fsp3) is 0.333. The van der Waals surface area contributed by atoms with Crippen molar-refractivity contribution < 1.29 is 0 Å². The Morgan fingerprint density at radius 2 is 1.28 bits per heavy atom. The lowest BCUT2D eigenvalue weighted by molar-refractivity contribution is 0.305. The molecule has 146 valence electrons. The smallest absolute Gasteiger partial charge is 0.118 e. The Morgan fingerprint density at radius 3 is 1.93 bits per heavy atom. The van der Waals surface area contributed by atoms with Gasteiger partial charge in [0.15, 0.2) is 0 Å². The van der Waals surface area contributed by atoms with Gasteiger partial charge in [-0.25, -0.2) is 0 Å². The summed E-state index contributed by atoms with van der Waals surface area (Å²) in [6, 6.07) is 29.1. The summed E-state index contributed by atoms with van der Waals surface area (Å²) in [6.07, 6.45) is 2.70. The monoisotopic (exact) mass is 380 g/mol. The van der Waals surface area contributed by atoms with E-state index >= 15 is 0 Å². The van der Waals surface area contributed by atoms with Crippen LogP contribution in [0.5, 0.6) is 0 Å². The van der Waals surface area contributed by atoms with Crippen molar-refractivity contribution in [3.05, 3.63) is 84.4 Å². The lowest BCUT2D eigenvalue weighted by Crippen LogP contribution is -2.51. The first-order valence-corrected chi connectivity index (χ1v) is 11.0. The van der Waals surface area contributed by atoms with Crippen LogP contribution < -0.4 is 9.80 Å². The molecule has 6 rings (SSSR count). The highest BCUT2D eigenvalue weighted by Gasteiger charge is 2.80. The number of hydrogen-bond donors (Lipinski definition) is 0. The molecule has 2 heterocycles. The minimum atomic E-state index is 0.241. The Hall–Kier alpha value is -2.74. The van der Waals surface area contributed by atoms with Crippen LogP contribution in [0.15, 0.2) is 78.9 Å². The molecule has 2 nitrogen and oxygen atoms in total. The molecule has 1 fully saturated rings. The van der Waals surface area contributed by atoms with Crippen molar-refractivity contribution in [1.82, 2.24) is 0 Å². The zero-order chi connectivity index (χ0) is 19.8. The number of hydrogen-bond acceptors (Lipinski definition) is 2. The first kappa shape index (κ1) is 17.1. The van der Waals surface area contributed by atoms with Crippen molar-refractivity contribution in [3.8, 4) is 0 Å². The van der Waals surface area contributed by atoms with E-state index in [2.05, 4.69) is 109 Å². The Bertz CT molecular complexity index is 1090. The second kappa shape index (κ2) is 5.66. The number of fused-ring (bicyclic) bond motifs is 8. The van der Waals surface area contributed by atoms with Gasteiger partial charge in [0.2, 0.25) is 0 Å². The molecule has 2 aliphatic heterocycles. The molecule has 0 aromatic heterocycles. The standard InChI is InChI=1S/C27H28N2/c1-4-26-19(3)27(26,5-2)25-28(20-13-7-6-8-14-20)23-17-11-12-18-24(23)29(25)22-16-10-9-15-21(22)26/h6-19,25H,4-5H2,1-3H3. The third-order valence-corrected chi connectivity index (χ3v) is 8.43. The van der Waals surface area contributed by atoms with Crippen LogP contribution in [0.3, 0.4) is 0 Å². The van der Waals surface area contributed by atoms with Crippen molar-refractivity contribution in [2.75, 3.05) is 9.80 Å². The van der Waals surface area contributed by atoms with Gasteiger partial charge in [0.1, 0.15) is 6.17 Å². The molecule has 29 heavy (non-hydrogen) atoms. The Kier molecular flexibility index (Phi) is 3.35. The summed E-state index contributed by atoms with van der Waals surface area (Å²) in [6.45, 7) is 7.31. The number of para-hydroxylation sites is 4. The highest BCUT2D eigenvalue weighted by atomic mass is 15.5. The van der Waals surface area contributed by atoms with Crippen LogP contribution in [0.4, 0.5) is 22.7 Å². The van der Waals surface area contributed by atoms with E-state index in [-0.39, 0.29) is 10.8 Å². The van der Waals surface area contributed by atoms with E-state index in [1.165, 1.54) is 35.6 Å². The maximum absolute atomic E-state index is 2.65. The highest BCUT2D eigenvalue weighted by Crippen LogP contribution is 2.81. The van der Waals surface area contributed by atoms with E-state index in [0.29, 0.717) is 12.1 Å². The summed E-state index contributed by atoms with van der Waals surface area (Å²) >= 11 is 0. The van der Waals surface area contributed by atoms with Gasteiger partial charge in [0.05, 0.1) is 11.4 Å². The summed E-state index contributed by atoms with van der Waals surface area (Å²) in [4.78, 5) is 5.28. The number of nitrogens with zero attached hydrogens (tertiary/aromatic N) is 2. The molecule has 0 N–H and O–H groups in total. The molecule has 0 bridgehead atoms. The van der Waals surface area contributed by atoms with Gasteiger partial charge in [-0.05, 0) is 54.7 Å². The molecule has 1 aliphatic carbocycles. The number of rotatable bonds is 3. The predicted molar refractivity (Wildman–Crippen MR) is 121 cm³/mol. The zero-order valence-corrected chi connectivity index (χ0v) is 17.5. The van der Waals surface area contributed by atoms with E-state index in [1.54, 1.807) is 5.56 Å². The predicted octanol–water partition coefficient (Wildman–Crippen LogP) is 7.01. The first-order valence-electron chi connectivity index (χ1n) is 11.0. The fourth-order valence-electron chi connectivity index (χ4n) is 7.32. The second-order valence-electron chi connectivity index (χ2n) is 8.90. The molecule has 0 saturated heterocycles. The van der Waals surface area contributed by atoms with Crippen molar-refractivity contribution in [3.63, 3.8) is 0 Å². The Morgan fingerprint density at radius 1 is 0.690 bits per heavy atom. The molecule has 4 atom stereocenters. The molecule has 4 unspecified atom stereocenters. The molecule has 1 saturated carbocycles. The van der Waals surface area contributed by atoms with Crippen molar-refractivity contribution in [2.24, 2.45) is 11.3 Å². The van der Waals surface area contributed by atoms with Crippen LogP contribution in [0.1, 0.15) is 39.2 Å². The van der Waals surface area contributed by atoms with Crippen LogP contribution in [0, 0.1) is 11.3 Å². The van der Waals surface area contributed by atoms with Crippen molar-refractivity contribution in [1.29, 1.82) is 0 Å². The van der Waals surface area contributed by atoms with E-state index < -0.39 is 0 Å². The van der Waals surface area contributed by atoms with Gasteiger partial charge in [-0.3, -0.25) is 0 Å². The van der Waals surface area contributed by atoms with Gasteiger partial charge in [0, 0.05) is 22.2 Å². The van der Waals surface area contributed by atoms with Crippen LogP contribution in [0.25, 0.3) is 0 Å². The summed E-state index contributed by atoms with van der Waals surface area (Å²) in [5, 5.41) is 0. The SMILES string of the molecule is CCC12c3ccccc3N3c4ccccc4N(c4ccccc4)C3C1(CC)C2C. The molecule has 3 aliphatic rings. The fourth-order valence-corrected chi connectivity index (χ4v) is 7.32. The molecule has 0 radical (unpaired) electrons. The summed E-state index contributed by atoms with van der Waals surface area (Å²) in [5.74, 6) is 0.654. The first-order chi connectivity index (χ1) is 14.2. The topological polar surface area (TPSA) is 6.48 Å². The lowest BCUT2D eigenvalue weighted by Gasteiger charge is -2.46. The van der Waals surface area contributed by atoms with Crippen molar-refractivity contribution in [2.45, 2.75) is 45.2 Å².